The summed E-state index contributed by atoms with van der Waals surface area (Å²) in [6, 6.07) is -0.933. The van der Waals surface area contributed by atoms with Gasteiger partial charge in [0.15, 0.2) is 0 Å². The molecule has 1 aliphatic heterocycles. The zero-order valence-corrected chi connectivity index (χ0v) is 14.5. The molecule has 0 aromatic heterocycles. The van der Waals surface area contributed by atoms with Crippen molar-refractivity contribution in [2.45, 2.75) is 72.4 Å². The predicted octanol–water partition coefficient (Wildman–Crippen LogP) is 2.14. The molecule has 0 bridgehead atoms. The number of aldehydes is 1. The van der Waals surface area contributed by atoms with E-state index in [1.54, 1.807) is 4.90 Å². The van der Waals surface area contributed by atoms with Crippen LogP contribution in [0.3, 0.4) is 0 Å². The summed E-state index contributed by atoms with van der Waals surface area (Å²) in [7, 11) is 0. The Morgan fingerprint density at radius 3 is 2.45 bits per heavy atom. The summed E-state index contributed by atoms with van der Waals surface area (Å²) in [6.45, 7) is 10.5. The fraction of sp³-hybridized carbons (Fsp3) is 0.824. The second-order valence-electron chi connectivity index (χ2n) is 7.68. The number of carbonyl (C=O) groups is 3. The minimum atomic E-state index is -0.590. The molecule has 0 aliphatic carbocycles. The Labute approximate surface area is 133 Å². The van der Waals surface area contributed by atoms with E-state index < -0.39 is 6.04 Å². The monoisotopic (exact) mass is 310 g/mol. The Morgan fingerprint density at radius 1 is 1.32 bits per heavy atom. The highest BCUT2D eigenvalue weighted by atomic mass is 16.2. The normalized spacial score (nSPS) is 20.1. The van der Waals surface area contributed by atoms with Gasteiger partial charge in [-0.1, -0.05) is 34.6 Å². The van der Waals surface area contributed by atoms with Crippen molar-refractivity contribution in [2.24, 2.45) is 11.3 Å². The fourth-order valence-corrected chi connectivity index (χ4v) is 2.67. The molecule has 0 aromatic rings. The van der Waals surface area contributed by atoms with Crippen LogP contribution in [0.2, 0.25) is 0 Å². The van der Waals surface area contributed by atoms with Crippen LogP contribution in [0.4, 0.5) is 0 Å². The molecule has 1 saturated heterocycles. The Kier molecular flexibility index (Phi) is 6.57. The fourth-order valence-electron chi connectivity index (χ4n) is 2.67. The van der Waals surface area contributed by atoms with Gasteiger partial charge < -0.3 is 15.0 Å². The van der Waals surface area contributed by atoms with Crippen LogP contribution in [0.25, 0.3) is 0 Å². The van der Waals surface area contributed by atoms with E-state index >= 15 is 0 Å². The molecule has 5 nitrogen and oxygen atoms in total. The molecule has 2 unspecified atom stereocenters. The average molecular weight is 310 g/mol. The van der Waals surface area contributed by atoms with E-state index in [4.69, 9.17) is 0 Å². The van der Waals surface area contributed by atoms with Crippen molar-refractivity contribution in [3.8, 4) is 0 Å². The highest BCUT2D eigenvalue weighted by molar-refractivity contribution is 5.90. The number of amides is 2. The lowest BCUT2D eigenvalue weighted by molar-refractivity contribution is -0.141. The Balaban J connectivity index is 2.78. The Morgan fingerprint density at radius 2 is 1.95 bits per heavy atom. The summed E-state index contributed by atoms with van der Waals surface area (Å²) < 4.78 is 0. The third kappa shape index (κ3) is 5.11. The lowest BCUT2D eigenvalue weighted by atomic mass is 9.85. The van der Waals surface area contributed by atoms with Crippen molar-refractivity contribution >= 4 is 18.1 Å². The minimum absolute atomic E-state index is 0.0937. The first-order chi connectivity index (χ1) is 10.2. The van der Waals surface area contributed by atoms with E-state index in [1.807, 2.05) is 20.8 Å². The SMILES string of the molecule is CC(C)CCC(=O)NC(C(=O)N1CCCC1C=O)C(C)(C)C. The molecule has 1 fully saturated rings. The van der Waals surface area contributed by atoms with E-state index in [-0.39, 0.29) is 23.3 Å². The zero-order chi connectivity index (χ0) is 16.9. The molecule has 0 aromatic carbocycles. The van der Waals surface area contributed by atoms with Gasteiger partial charge in [-0.3, -0.25) is 9.59 Å². The Hall–Kier alpha value is -1.39. The van der Waals surface area contributed by atoms with Crippen molar-refractivity contribution < 1.29 is 14.4 Å². The van der Waals surface area contributed by atoms with Gasteiger partial charge >= 0.3 is 0 Å². The summed E-state index contributed by atoms with van der Waals surface area (Å²) in [4.78, 5) is 37.6. The van der Waals surface area contributed by atoms with Gasteiger partial charge in [-0.15, -0.1) is 0 Å². The number of carbonyl (C=O) groups excluding carboxylic acids is 3. The molecular formula is C17H30N2O3. The van der Waals surface area contributed by atoms with Crippen LogP contribution in [0, 0.1) is 11.3 Å². The van der Waals surface area contributed by atoms with E-state index in [0.29, 0.717) is 25.3 Å². The number of hydrogen-bond donors (Lipinski definition) is 1. The van der Waals surface area contributed by atoms with E-state index in [2.05, 4.69) is 19.2 Å². The zero-order valence-electron chi connectivity index (χ0n) is 14.5. The van der Waals surface area contributed by atoms with Gasteiger partial charge in [0.1, 0.15) is 12.3 Å². The van der Waals surface area contributed by atoms with Crippen molar-refractivity contribution in [1.82, 2.24) is 10.2 Å². The molecule has 0 radical (unpaired) electrons. The van der Waals surface area contributed by atoms with Gasteiger partial charge in [-0.05, 0) is 30.6 Å². The van der Waals surface area contributed by atoms with Crippen LogP contribution in [0.15, 0.2) is 0 Å². The summed E-state index contributed by atoms with van der Waals surface area (Å²) in [5, 5.41) is 2.89. The lowest BCUT2D eigenvalue weighted by Gasteiger charge is -2.34. The third-order valence-electron chi connectivity index (χ3n) is 4.11. The number of hydrogen-bond acceptors (Lipinski definition) is 3. The highest BCUT2D eigenvalue weighted by Crippen LogP contribution is 2.25. The number of nitrogens with one attached hydrogen (secondary N) is 1. The molecule has 2 atom stereocenters. The van der Waals surface area contributed by atoms with Gasteiger partial charge in [-0.2, -0.15) is 0 Å². The maximum absolute atomic E-state index is 12.8. The van der Waals surface area contributed by atoms with Crippen LogP contribution >= 0.6 is 0 Å². The van der Waals surface area contributed by atoms with Crippen molar-refractivity contribution in [2.75, 3.05) is 6.54 Å². The number of rotatable bonds is 6. The molecule has 1 aliphatic rings. The summed E-state index contributed by atoms with van der Waals surface area (Å²) in [5.74, 6) is 0.219. The van der Waals surface area contributed by atoms with Crippen LogP contribution in [-0.4, -0.2) is 41.6 Å². The van der Waals surface area contributed by atoms with Crippen LogP contribution < -0.4 is 5.32 Å². The molecule has 126 valence electrons. The molecule has 1 rings (SSSR count). The van der Waals surface area contributed by atoms with Gasteiger partial charge in [0.2, 0.25) is 11.8 Å². The average Bonchev–Trinajstić information content (AvgIpc) is 2.88. The van der Waals surface area contributed by atoms with Gasteiger partial charge in [0, 0.05) is 13.0 Å². The van der Waals surface area contributed by atoms with Crippen molar-refractivity contribution in [3.63, 3.8) is 0 Å². The molecule has 5 heteroatoms. The van der Waals surface area contributed by atoms with Gasteiger partial charge in [0.05, 0.1) is 6.04 Å². The molecule has 0 saturated carbocycles. The number of nitrogens with zero attached hydrogens (tertiary/aromatic N) is 1. The van der Waals surface area contributed by atoms with Crippen LogP contribution in [0.5, 0.6) is 0 Å². The van der Waals surface area contributed by atoms with Gasteiger partial charge in [-0.25, -0.2) is 0 Å². The molecule has 1 heterocycles. The standard InChI is InChI=1S/C17H30N2O3/c1-12(2)8-9-14(21)18-15(17(3,4)5)16(22)19-10-6-7-13(19)11-20/h11-13,15H,6-10H2,1-5H3,(H,18,21). The minimum Gasteiger partial charge on any atom is -0.344 e. The molecule has 1 N–H and O–H groups in total. The molecule has 0 spiro atoms. The largest absolute Gasteiger partial charge is 0.344 e. The van der Waals surface area contributed by atoms with Crippen LogP contribution in [-0.2, 0) is 14.4 Å². The topological polar surface area (TPSA) is 66.5 Å². The van der Waals surface area contributed by atoms with E-state index in [9.17, 15) is 14.4 Å². The first-order valence-corrected chi connectivity index (χ1v) is 8.22. The van der Waals surface area contributed by atoms with E-state index in [1.165, 1.54) is 0 Å². The van der Waals surface area contributed by atoms with Gasteiger partial charge in [0.25, 0.3) is 0 Å². The Bertz CT molecular complexity index is 413. The first-order valence-electron chi connectivity index (χ1n) is 8.22. The molecule has 2 amide bonds. The smallest absolute Gasteiger partial charge is 0.246 e. The molecular weight excluding hydrogens is 280 g/mol. The van der Waals surface area contributed by atoms with E-state index in [0.717, 1.165) is 19.1 Å². The maximum atomic E-state index is 12.8. The second kappa shape index (κ2) is 7.75. The summed E-state index contributed by atoms with van der Waals surface area (Å²) in [5.41, 5.74) is -0.388. The third-order valence-corrected chi connectivity index (χ3v) is 4.11. The number of likely N-dealkylation sites (tertiary alicyclic amines) is 1. The van der Waals surface area contributed by atoms with Crippen molar-refractivity contribution in [3.05, 3.63) is 0 Å². The quantitative estimate of drug-likeness (QED) is 0.764. The first kappa shape index (κ1) is 18.7. The lowest BCUT2D eigenvalue weighted by Crippen LogP contribution is -2.55. The maximum Gasteiger partial charge on any atom is 0.246 e. The predicted molar refractivity (Wildman–Crippen MR) is 86.3 cm³/mol. The van der Waals surface area contributed by atoms with Crippen LogP contribution in [0.1, 0.15) is 60.3 Å². The second-order valence-corrected chi connectivity index (χ2v) is 7.68. The molecule has 22 heavy (non-hydrogen) atoms. The summed E-state index contributed by atoms with van der Waals surface area (Å²) >= 11 is 0. The van der Waals surface area contributed by atoms with Crippen molar-refractivity contribution in [1.29, 1.82) is 0 Å². The summed E-state index contributed by atoms with van der Waals surface area (Å²) in [6.07, 6.45) is 3.62. The highest BCUT2D eigenvalue weighted by Gasteiger charge is 2.39.